The number of furan rings is 1. The highest BCUT2D eigenvalue weighted by Gasteiger charge is 2.17. The van der Waals surface area contributed by atoms with E-state index < -0.39 is 0 Å². The lowest BCUT2D eigenvalue weighted by molar-refractivity contribution is -0.555. The molecular formula is C15H9NO2. The molecule has 0 amide bonds. The van der Waals surface area contributed by atoms with Crippen LogP contribution in [0.3, 0.4) is 0 Å². The molecule has 2 aromatic heterocycles. The van der Waals surface area contributed by atoms with Crippen LogP contribution < -0.4 is 4.73 Å². The summed E-state index contributed by atoms with van der Waals surface area (Å²) in [5.41, 5.74) is 1.74. The summed E-state index contributed by atoms with van der Waals surface area (Å²) >= 11 is 0. The summed E-state index contributed by atoms with van der Waals surface area (Å²) in [5.74, 6) is 0. The van der Waals surface area contributed by atoms with Gasteiger partial charge in [0.2, 0.25) is 5.52 Å². The van der Waals surface area contributed by atoms with Crippen molar-refractivity contribution in [1.82, 2.24) is 0 Å². The van der Waals surface area contributed by atoms with Crippen molar-refractivity contribution in [3.63, 3.8) is 0 Å². The van der Waals surface area contributed by atoms with Crippen LogP contribution in [0.25, 0.3) is 33.0 Å². The van der Waals surface area contributed by atoms with Crippen molar-refractivity contribution in [3.8, 4) is 0 Å². The minimum Gasteiger partial charge on any atom is -0.616 e. The average molecular weight is 235 g/mol. The van der Waals surface area contributed by atoms with E-state index >= 15 is 0 Å². The molecule has 0 atom stereocenters. The molecule has 0 spiro atoms. The standard InChI is InChI=1S/C15H9NO2/c17-16-13-7-3-1-5-10(13)9-12-11-6-2-4-8-14(11)18-15(12)16/h1-9H. The zero-order chi connectivity index (χ0) is 12.1. The number of rotatable bonds is 0. The third-order valence-corrected chi connectivity index (χ3v) is 3.25. The summed E-state index contributed by atoms with van der Waals surface area (Å²) in [4.78, 5) is 0. The first-order valence-electron chi connectivity index (χ1n) is 5.77. The van der Waals surface area contributed by atoms with Crippen LogP contribution in [0.15, 0.2) is 59.0 Å². The molecule has 2 heterocycles. The summed E-state index contributed by atoms with van der Waals surface area (Å²) in [6, 6.07) is 17.2. The van der Waals surface area contributed by atoms with Gasteiger partial charge >= 0.3 is 5.71 Å². The van der Waals surface area contributed by atoms with E-state index in [9.17, 15) is 5.21 Å². The normalized spacial score (nSPS) is 11.6. The van der Waals surface area contributed by atoms with E-state index in [1.54, 1.807) is 6.07 Å². The number of para-hydroxylation sites is 2. The lowest BCUT2D eigenvalue weighted by Crippen LogP contribution is -2.27. The summed E-state index contributed by atoms with van der Waals surface area (Å²) in [5, 5.41) is 15.0. The molecule has 2 aromatic carbocycles. The van der Waals surface area contributed by atoms with Crippen LogP contribution in [0, 0.1) is 5.21 Å². The van der Waals surface area contributed by atoms with Crippen molar-refractivity contribution in [2.24, 2.45) is 0 Å². The van der Waals surface area contributed by atoms with Crippen molar-refractivity contribution in [2.45, 2.75) is 0 Å². The van der Waals surface area contributed by atoms with Crippen molar-refractivity contribution < 1.29 is 9.15 Å². The van der Waals surface area contributed by atoms with Crippen LogP contribution in [0.2, 0.25) is 0 Å². The first-order chi connectivity index (χ1) is 8.84. The van der Waals surface area contributed by atoms with Gasteiger partial charge < -0.3 is 9.62 Å². The van der Waals surface area contributed by atoms with E-state index in [0.29, 0.717) is 11.2 Å². The molecule has 0 aliphatic rings. The minimum atomic E-state index is 0.370. The van der Waals surface area contributed by atoms with E-state index in [2.05, 4.69) is 0 Å². The van der Waals surface area contributed by atoms with Crippen LogP contribution in [-0.4, -0.2) is 0 Å². The minimum absolute atomic E-state index is 0.370. The number of fused-ring (bicyclic) bond motifs is 4. The van der Waals surface area contributed by atoms with Gasteiger partial charge in [0.25, 0.3) is 0 Å². The zero-order valence-corrected chi connectivity index (χ0v) is 9.46. The number of nitrogens with zero attached hydrogens (tertiary/aromatic N) is 1. The smallest absolute Gasteiger partial charge is 0.393 e. The lowest BCUT2D eigenvalue weighted by atomic mass is 10.1. The van der Waals surface area contributed by atoms with Crippen LogP contribution in [0.4, 0.5) is 0 Å². The van der Waals surface area contributed by atoms with Gasteiger partial charge in [-0.25, -0.2) is 0 Å². The zero-order valence-electron chi connectivity index (χ0n) is 9.46. The Morgan fingerprint density at radius 1 is 0.889 bits per heavy atom. The van der Waals surface area contributed by atoms with E-state index in [-0.39, 0.29) is 0 Å². The van der Waals surface area contributed by atoms with Gasteiger partial charge in [-0.05, 0) is 18.2 Å². The fourth-order valence-corrected chi connectivity index (χ4v) is 2.40. The third-order valence-electron chi connectivity index (χ3n) is 3.25. The molecule has 4 aromatic rings. The van der Waals surface area contributed by atoms with Crippen molar-refractivity contribution in [2.75, 3.05) is 0 Å². The van der Waals surface area contributed by atoms with E-state index in [1.807, 2.05) is 48.5 Å². The quantitative estimate of drug-likeness (QED) is 0.346. The average Bonchev–Trinajstić information content (AvgIpc) is 2.79. The fraction of sp³-hybridized carbons (Fsp3) is 0. The molecule has 0 saturated heterocycles. The number of hydrogen-bond donors (Lipinski definition) is 0. The van der Waals surface area contributed by atoms with Gasteiger partial charge in [-0.1, -0.05) is 30.3 Å². The third kappa shape index (κ3) is 1.10. The van der Waals surface area contributed by atoms with E-state index in [1.165, 1.54) is 0 Å². The van der Waals surface area contributed by atoms with Crippen molar-refractivity contribution in [3.05, 3.63) is 59.8 Å². The van der Waals surface area contributed by atoms with Crippen LogP contribution >= 0.6 is 0 Å². The second kappa shape index (κ2) is 3.23. The van der Waals surface area contributed by atoms with Gasteiger partial charge in [0.05, 0.1) is 0 Å². The molecule has 0 saturated carbocycles. The Kier molecular flexibility index (Phi) is 1.70. The molecule has 3 nitrogen and oxygen atoms in total. The molecule has 0 aliphatic heterocycles. The van der Waals surface area contributed by atoms with Gasteiger partial charge in [-0.15, -0.1) is 4.73 Å². The molecule has 0 radical (unpaired) electrons. The SMILES string of the molecule is [O-][n+]1c2ccccc2cc2c3ccccc3oc21. The Hall–Kier alpha value is -2.55. The van der Waals surface area contributed by atoms with Gasteiger partial charge in [0.1, 0.15) is 11.0 Å². The van der Waals surface area contributed by atoms with Crippen LogP contribution in [0.1, 0.15) is 0 Å². The lowest BCUT2D eigenvalue weighted by Gasteiger charge is -2.00. The first kappa shape index (κ1) is 9.48. The predicted molar refractivity (Wildman–Crippen MR) is 70.2 cm³/mol. The Labute approximate surface area is 102 Å². The van der Waals surface area contributed by atoms with Crippen LogP contribution in [-0.2, 0) is 0 Å². The number of pyridine rings is 1. The Bertz CT molecular complexity index is 893. The second-order valence-electron chi connectivity index (χ2n) is 4.31. The van der Waals surface area contributed by atoms with E-state index in [4.69, 9.17) is 4.42 Å². The number of benzene rings is 2. The summed E-state index contributed by atoms with van der Waals surface area (Å²) in [7, 11) is 0. The van der Waals surface area contributed by atoms with Gasteiger partial charge in [0.15, 0.2) is 0 Å². The second-order valence-corrected chi connectivity index (χ2v) is 4.31. The molecule has 0 aliphatic carbocycles. The molecule has 4 rings (SSSR count). The van der Waals surface area contributed by atoms with Crippen molar-refractivity contribution in [1.29, 1.82) is 0 Å². The molecule has 86 valence electrons. The Morgan fingerprint density at radius 2 is 1.67 bits per heavy atom. The molecule has 3 heteroatoms. The predicted octanol–water partition coefficient (Wildman–Crippen LogP) is 3.37. The summed E-state index contributed by atoms with van der Waals surface area (Å²) in [6.07, 6.45) is 0. The van der Waals surface area contributed by atoms with Gasteiger partial charge in [-0.3, -0.25) is 0 Å². The van der Waals surface area contributed by atoms with E-state index in [0.717, 1.165) is 26.5 Å². The van der Waals surface area contributed by atoms with Crippen LogP contribution in [0.5, 0.6) is 0 Å². The summed E-state index contributed by atoms with van der Waals surface area (Å²) < 4.78 is 6.51. The highest BCUT2D eigenvalue weighted by Crippen LogP contribution is 2.28. The molecule has 0 bridgehead atoms. The molecule has 18 heavy (non-hydrogen) atoms. The topological polar surface area (TPSA) is 40.1 Å². The maximum atomic E-state index is 12.3. The maximum absolute atomic E-state index is 12.3. The molecular weight excluding hydrogens is 226 g/mol. The molecule has 0 unspecified atom stereocenters. The number of aromatic nitrogens is 1. The van der Waals surface area contributed by atoms with Gasteiger partial charge in [0, 0.05) is 16.8 Å². The summed E-state index contributed by atoms with van der Waals surface area (Å²) in [6.45, 7) is 0. The number of hydrogen-bond acceptors (Lipinski definition) is 2. The Balaban J connectivity index is 2.33. The largest absolute Gasteiger partial charge is 0.616 e. The highest BCUT2D eigenvalue weighted by molar-refractivity contribution is 6.05. The maximum Gasteiger partial charge on any atom is 0.393 e. The highest BCUT2D eigenvalue weighted by atomic mass is 16.5. The van der Waals surface area contributed by atoms with Gasteiger partial charge in [-0.2, -0.15) is 0 Å². The first-order valence-corrected chi connectivity index (χ1v) is 5.77. The molecule has 0 N–H and O–H groups in total. The fourth-order valence-electron chi connectivity index (χ4n) is 2.40. The molecule has 0 fully saturated rings. The van der Waals surface area contributed by atoms with Crippen molar-refractivity contribution >= 4 is 33.0 Å². The monoisotopic (exact) mass is 235 g/mol. The Morgan fingerprint density at radius 3 is 2.61 bits per heavy atom.